The van der Waals surface area contributed by atoms with Crippen LogP contribution in [-0.4, -0.2) is 101 Å². The number of rotatable bonds is 7. The molecule has 3 fully saturated rings. The van der Waals surface area contributed by atoms with Gasteiger partial charge >= 0.3 is 0 Å². The normalized spacial score (nSPS) is 30.3. The summed E-state index contributed by atoms with van der Waals surface area (Å²) in [4.78, 5) is 30.9. The van der Waals surface area contributed by atoms with Gasteiger partial charge in [-0.15, -0.1) is 0 Å². The van der Waals surface area contributed by atoms with Gasteiger partial charge in [0.05, 0.1) is 35.8 Å². The second-order valence-corrected chi connectivity index (χ2v) is 9.71. The number of fused-ring (bicyclic) bond motifs is 1. The van der Waals surface area contributed by atoms with E-state index in [1.165, 1.54) is 17.0 Å². The number of ether oxygens (including phenoxy) is 1. The number of amides is 2. The first-order chi connectivity index (χ1) is 16.2. The van der Waals surface area contributed by atoms with Crippen molar-refractivity contribution in [1.82, 2.24) is 9.80 Å². The second-order valence-electron chi connectivity index (χ2n) is 9.71. The Kier molecular flexibility index (Phi) is 7.42. The van der Waals surface area contributed by atoms with E-state index in [0.717, 1.165) is 18.8 Å². The number of carbonyl (C=O) groups is 2. The van der Waals surface area contributed by atoms with Gasteiger partial charge in [-0.05, 0) is 45.4 Å². The highest BCUT2D eigenvalue weighted by Crippen LogP contribution is 2.38. The second kappa shape index (κ2) is 10.2. The molecule has 1 aromatic rings. The number of likely N-dealkylation sites (tertiary alicyclic amines) is 1. The fraction of sp³-hybridized carbons (Fsp3) is 0.667. The number of imide groups is 1. The van der Waals surface area contributed by atoms with E-state index in [0.29, 0.717) is 31.8 Å². The fourth-order valence-corrected chi connectivity index (χ4v) is 5.26. The van der Waals surface area contributed by atoms with E-state index in [2.05, 4.69) is 9.80 Å². The van der Waals surface area contributed by atoms with Gasteiger partial charge in [0.1, 0.15) is 17.7 Å². The minimum absolute atomic E-state index is 0.0158. The Hall–Kier alpha value is -2.27. The van der Waals surface area contributed by atoms with Crippen molar-refractivity contribution in [2.24, 2.45) is 11.8 Å². The Labute approximate surface area is 198 Å². The minimum Gasteiger partial charge on any atom is -0.489 e. The van der Waals surface area contributed by atoms with Gasteiger partial charge in [0.15, 0.2) is 0 Å². The molecule has 3 aliphatic rings. The first kappa shape index (κ1) is 24.8. The molecule has 0 bridgehead atoms. The quantitative estimate of drug-likeness (QED) is 0.476. The zero-order chi connectivity index (χ0) is 24.6. The van der Waals surface area contributed by atoms with Crippen LogP contribution in [0.25, 0.3) is 0 Å². The lowest BCUT2D eigenvalue weighted by Crippen LogP contribution is -2.51. The van der Waals surface area contributed by atoms with Gasteiger partial charge in [-0.3, -0.25) is 19.4 Å². The molecule has 0 radical (unpaired) electrons. The summed E-state index contributed by atoms with van der Waals surface area (Å²) in [5.74, 6) is -2.26. The van der Waals surface area contributed by atoms with Crippen molar-refractivity contribution in [1.29, 1.82) is 0 Å². The van der Waals surface area contributed by atoms with Crippen LogP contribution < -0.4 is 9.64 Å². The molecule has 5 unspecified atom stereocenters. The number of halogens is 1. The van der Waals surface area contributed by atoms with E-state index in [1.807, 2.05) is 13.8 Å². The standard InChI is InChI=1S/C24H34FN3O6/c1-14(2)34-19-5-4-15(25)12-17(19)27-10-8-26(9-11-27)6-3-7-28-23(32)16-13-18(29)21(30)22(31)20(16)24(28)33/h4-5,12,14,16,18,20-22,29-31H,3,6-11,13H2,1-2H3. The Morgan fingerprint density at radius 3 is 2.41 bits per heavy atom. The molecular formula is C24H34FN3O6. The van der Waals surface area contributed by atoms with Crippen LogP contribution in [0.4, 0.5) is 10.1 Å². The molecule has 188 valence electrons. The maximum absolute atomic E-state index is 13.9. The first-order valence-electron chi connectivity index (χ1n) is 12.0. The Morgan fingerprint density at radius 2 is 1.74 bits per heavy atom. The van der Waals surface area contributed by atoms with E-state index in [-0.39, 0.29) is 30.8 Å². The van der Waals surface area contributed by atoms with Crippen LogP contribution in [0.5, 0.6) is 5.75 Å². The number of aliphatic hydroxyl groups is 3. The molecule has 10 heteroatoms. The molecule has 0 spiro atoms. The minimum atomic E-state index is -1.43. The van der Waals surface area contributed by atoms with Crippen molar-refractivity contribution in [3.8, 4) is 5.75 Å². The van der Waals surface area contributed by atoms with Crippen molar-refractivity contribution >= 4 is 17.5 Å². The van der Waals surface area contributed by atoms with Crippen molar-refractivity contribution < 1.29 is 34.0 Å². The summed E-state index contributed by atoms with van der Waals surface area (Å²) in [5.41, 5.74) is 0.743. The van der Waals surface area contributed by atoms with E-state index in [1.54, 1.807) is 6.07 Å². The molecule has 3 N–H and O–H groups in total. The average molecular weight is 480 g/mol. The predicted molar refractivity (Wildman–Crippen MR) is 122 cm³/mol. The number of carbonyl (C=O) groups excluding carboxylic acids is 2. The third-order valence-corrected chi connectivity index (χ3v) is 7.03. The number of anilines is 1. The van der Waals surface area contributed by atoms with E-state index in [9.17, 15) is 29.3 Å². The lowest BCUT2D eigenvalue weighted by atomic mass is 9.76. The van der Waals surface area contributed by atoms with Crippen LogP contribution in [-0.2, 0) is 9.59 Å². The molecule has 2 aliphatic heterocycles. The van der Waals surface area contributed by atoms with Crippen LogP contribution >= 0.6 is 0 Å². The van der Waals surface area contributed by atoms with Gasteiger partial charge in [0.2, 0.25) is 11.8 Å². The molecular weight excluding hydrogens is 445 g/mol. The summed E-state index contributed by atoms with van der Waals surface area (Å²) in [6, 6.07) is 4.56. The number of hydrogen-bond donors (Lipinski definition) is 3. The maximum Gasteiger partial charge on any atom is 0.235 e. The highest BCUT2D eigenvalue weighted by Gasteiger charge is 2.56. The predicted octanol–water partition coefficient (Wildman–Crippen LogP) is 0.213. The zero-order valence-corrected chi connectivity index (χ0v) is 19.6. The monoisotopic (exact) mass is 479 g/mol. The summed E-state index contributed by atoms with van der Waals surface area (Å²) in [5, 5.41) is 30.0. The van der Waals surface area contributed by atoms with E-state index in [4.69, 9.17) is 4.74 Å². The van der Waals surface area contributed by atoms with Crippen LogP contribution in [0.2, 0.25) is 0 Å². The number of aliphatic hydroxyl groups excluding tert-OH is 3. The molecule has 2 heterocycles. The average Bonchev–Trinajstić information content (AvgIpc) is 3.03. The van der Waals surface area contributed by atoms with E-state index >= 15 is 0 Å². The molecule has 0 aromatic heterocycles. The van der Waals surface area contributed by atoms with Crippen LogP contribution in [0.15, 0.2) is 18.2 Å². The summed E-state index contributed by atoms with van der Waals surface area (Å²) in [7, 11) is 0. The Balaban J connectivity index is 1.28. The smallest absolute Gasteiger partial charge is 0.235 e. The molecule has 1 saturated carbocycles. The molecule has 2 saturated heterocycles. The lowest BCUT2D eigenvalue weighted by Gasteiger charge is -2.37. The molecule has 1 aromatic carbocycles. The van der Waals surface area contributed by atoms with Gasteiger partial charge in [0, 0.05) is 38.8 Å². The summed E-state index contributed by atoms with van der Waals surface area (Å²) < 4.78 is 19.7. The SMILES string of the molecule is CC(C)Oc1ccc(F)cc1N1CCN(CCCN2C(=O)C3CC(O)C(O)C(O)C3C2=O)CC1. The summed E-state index contributed by atoms with van der Waals surface area (Å²) >= 11 is 0. The molecule has 2 amide bonds. The third-order valence-electron chi connectivity index (χ3n) is 7.03. The Morgan fingerprint density at radius 1 is 1.03 bits per heavy atom. The molecule has 5 atom stereocenters. The summed E-state index contributed by atoms with van der Waals surface area (Å²) in [6.07, 6.45) is -3.52. The van der Waals surface area contributed by atoms with Crippen LogP contribution in [0, 0.1) is 17.7 Å². The van der Waals surface area contributed by atoms with Gasteiger partial charge in [-0.2, -0.15) is 0 Å². The number of nitrogens with zero attached hydrogens (tertiary/aromatic N) is 3. The maximum atomic E-state index is 13.9. The van der Waals surface area contributed by atoms with Crippen LogP contribution in [0.1, 0.15) is 26.7 Å². The topological polar surface area (TPSA) is 114 Å². The lowest BCUT2D eigenvalue weighted by molar-refractivity contribution is -0.150. The van der Waals surface area contributed by atoms with Gasteiger partial charge < -0.3 is 25.0 Å². The van der Waals surface area contributed by atoms with Crippen molar-refractivity contribution in [2.45, 2.75) is 51.1 Å². The summed E-state index contributed by atoms with van der Waals surface area (Å²) in [6.45, 7) is 7.69. The molecule has 34 heavy (non-hydrogen) atoms. The van der Waals surface area contributed by atoms with Crippen molar-refractivity contribution in [3.63, 3.8) is 0 Å². The highest BCUT2D eigenvalue weighted by atomic mass is 19.1. The number of hydrogen-bond acceptors (Lipinski definition) is 8. The van der Waals surface area contributed by atoms with Crippen LogP contribution in [0.3, 0.4) is 0 Å². The van der Waals surface area contributed by atoms with Crippen molar-refractivity contribution in [3.05, 3.63) is 24.0 Å². The Bertz CT molecular complexity index is 907. The fourth-order valence-electron chi connectivity index (χ4n) is 5.26. The number of piperazine rings is 1. The molecule has 9 nitrogen and oxygen atoms in total. The first-order valence-corrected chi connectivity index (χ1v) is 12.0. The molecule has 1 aliphatic carbocycles. The van der Waals surface area contributed by atoms with Crippen molar-refractivity contribution in [2.75, 3.05) is 44.2 Å². The zero-order valence-electron chi connectivity index (χ0n) is 19.6. The van der Waals surface area contributed by atoms with E-state index < -0.39 is 36.1 Å². The van der Waals surface area contributed by atoms with Gasteiger partial charge in [-0.25, -0.2) is 4.39 Å². The van der Waals surface area contributed by atoms with Gasteiger partial charge in [-0.1, -0.05) is 0 Å². The van der Waals surface area contributed by atoms with Gasteiger partial charge in [0.25, 0.3) is 0 Å². The molecule has 4 rings (SSSR count). The third kappa shape index (κ3) is 4.91. The highest BCUT2D eigenvalue weighted by molar-refractivity contribution is 6.05. The largest absolute Gasteiger partial charge is 0.489 e. The number of benzene rings is 1.